The van der Waals surface area contributed by atoms with Gasteiger partial charge in [-0.05, 0) is 60.0 Å². The van der Waals surface area contributed by atoms with Crippen LogP contribution in [0.25, 0.3) is 16.5 Å². The van der Waals surface area contributed by atoms with Crippen molar-refractivity contribution in [3.63, 3.8) is 0 Å². The fraction of sp³-hybridized carbons (Fsp3) is 0.167. The van der Waals surface area contributed by atoms with Crippen LogP contribution in [0.15, 0.2) is 78.9 Å². The Morgan fingerprint density at radius 2 is 1.65 bits per heavy atom. The molecule has 0 unspecified atom stereocenters. The van der Waals surface area contributed by atoms with Crippen molar-refractivity contribution in [1.29, 1.82) is 0 Å². The number of carbonyl (C=O) groups is 3. The molecule has 0 fully saturated rings. The highest BCUT2D eigenvalue weighted by molar-refractivity contribution is 6.15. The van der Waals surface area contributed by atoms with Gasteiger partial charge in [-0.1, -0.05) is 36.4 Å². The molecule has 4 aromatic rings. The van der Waals surface area contributed by atoms with Crippen LogP contribution >= 0.6 is 0 Å². The normalized spacial score (nSPS) is 13.4. The molecule has 2 amide bonds. The Morgan fingerprint density at radius 3 is 2.38 bits per heavy atom. The molecular formula is C30H26FN3O3. The van der Waals surface area contributed by atoms with E-state index in [1.165, 1.54) is 29.2 Å². The van der Waals surface area contributed by atoms with Gasteiger partial charge in [0.1, 0.15) is 11.5 Å². The standard InChI is InChI=1S/C30H26FN3O3/c1-33(2)30(37)27-17-21-10-9-20(16-26(21)32-27)22-6-5-15-34(18-22)29(36)25-8-4-3-7-24(25)28(35)19-11-13-23(31)14-12-19/h3-4,6-14,16-17,32H,5,15,18H2,1-2H3. The fourth-order valence-corrected chi connectivity index (χ4v) is 4.60. The second-order valence-electron chi connectivity index (χ2n) is 9.31. The predicted molar refractivity (Wildman–Crippen MR) is 141 cm³/mol. The molecule has 37 heavy (non-hydrogen) atoms. The van der Waals surface area contributed by atoms with Crippen LogP contribution in [-0.2, 0) is 0 Å². The highest BCUT2D eigenvalue weighted by Gasteiger charge is 2.25. The summed E-state index contributed by atoms with van der Waals surface area (Å²) in [4.78, 5) is 45.5. The number of ketones is 1. The van der Waals surface area contributed by atoms with E-state index in [2.05, 4.69) is 11.1 Å². The average Bonchev–Trinajstić information content (AvgIpc) is 3.35. The largest absolute Gasteiger partial charge is 0.351 e. The van der Waals surface area contributed by atoms with Crippen molar-refractivity contribution in [3.05, 3.63) is 113 Å². The van der Waals surface area contributed by atoms with Crippen molar-refractivity contribution in [1.82, 2.24) is 14.8 Å². The molecule has 0 spiro atoms. The first-order valence-electron chi connectivity index (χ1n) is 12.0. The third-order valence-electron chi connectivity index (χ3n) is 6.58. The summed E-state index contributed by atoms with van der Waals surface area (Å²) in [6, 6.07) is 19.9. The Kier molecular flexibility index (Phi) is 6.44. The molecule has 186 valence electrons. The van der Waals surface area contributed by atoms with Crippen LogP contribution in [0, 0.1) is 5.82 Å². The highest BCUT2D eigenvalue weighted by atomic mass is 19.1. The zero-order valence-electron chi connectivity index (χ0n) is 20.6. The lowest BCUT2D eigenvalue weighted by Gasteiger charge is -2.28. The van der Waals surface area contributed by atoms with Crippen molar-refractivity contribution in [2.24, 2.45) is 0 Å². The van der Waals surface area contributed by atoms with Gasteiger partial charge in [-0.2, -0.15) is 0 Å². The lowest BCUT2D eigenvalue weighted by molar-refractivity contribution is 0.0769. The molecule has 0 saturated carbocycles. The SMILES string of the molecule is CN(C)C(=O)c1cc2ccc(C3=CCCN(C(=O)c4ccccc4C(=O)c4ccc(F)cc4)C3)cc2[nH]1. The maximum absolute atomic E-state index is 13.6. The summed E-state index contributed by atoms with van der Waals surface area (Å²) < 4.78 is 13.3. The van der Waals surface area contributed by atoms with E-state index in [4.69, 9.17) is 0 Å². The molecule has 1 aromatic heterocycles. The number of halogens is 1. The minimum absolute atomic E-state index is 0.0970. The van der Waals surface area contributed by atoms with Crippen molar-refractivity contribution in [3.8, 4) is 0 Å². The van der Waals surface area contributed by atoms with Gasteiger partial charge in [0.2, 0.25) is 0 Å². The second kappa shape index (κ2) is 9.85. The number of aromatic amines is 1. The van der Waals surface area contributed by atoms with E-state index >= 15 is 0 Å². The summed E-state index contributed by atoms with van der Waals surface area (Å²) in [5, 5.41) is 0.937. The number of rotatable bonds is 5. The monoisotopic (exact) mass is 495 g/mol. The molecule has 1 N–H and O–H groups in total. The van der Waals surface area contributed by atoms with Crippen LogP contribution in [0.3, 0.4) is 0 Å². The Labute approximate surface area is 214 Å². The summed E-state index contributed by atoms with van der Waals surface area (Å²) in [6.07, 6.45) is 2.80. The minimum atomic E-state index is -0.424. The first kappa shape index (κ1) is 24.2. The van der Waals surface area contributed by atoms with Gasteiger partial charge in [0.05, 0.1) is 5.56 Å². The minimum Gasteiger partial charge on any atom is -0.351 e. The number of aromatic nitrogens is 1. The molecule has 0 aliphatic carbocycles. The number of carbonyl (C=O) groups excluding carboxylic acids is 3. The van der Waals surface area contributed by atoms with Gasteiger partial charge in [-0.3, -0.25) is 14.4 Å². The third kappa shape index (κ3) is 4.80. The number of hydrogen-bond donors (Lipinski definition) is 1. The Morgan fingerprint density at radius 1 is 0.919 bits per heavy atom. The maximum Gasteiger partial charge on any atom is 0.269 e. The summed E-state index contributed by atoms with van der Waals surface area (Å²) >= 11 is 0. The molecule has 0 saturated heterocycles. The number of fused-ring (bicyclic) bond motifs is 1. The molecule has 2 heterocycles. The van der Waals surface area contributed by atoms with E-state index < -0.39 is 5.82 Å². The molecule has 6 nitrogen and oxygen atoms in total. The van der Waals surface area contributed by atoms with E-state index in [1.807, 2.05) is 24.3 Å². The Bertz CT molecular complexity index is 1550. The Hall–Kier alpha value is -4.52. The van der Waals surface area contributed by atoms with Crippen molar-refractivity contribution in [2.45, 2.75) is 6.42 Å². The average molecular weight is 496 g/mol. The highest BCUT2D eigenvalue weighted by Crippen LogP contribution is 2.27. The van der Waals surface area contributed by atoms with Gasteiger partial charge in [0.15, 0.2) is 5.78 Å². The first-order valence-corrected chi connectivity index (χ1v) is 12.0. The third-order valence-corrected chi connectivity index (χ3v) is 6.58. The molecule has 0 radical (unpaired) electrons. The van der Waals surface area contributed by atoms with E-state index in [0.29, 0.717) is 41.9 Å². The van der Waals surface area contributed by atoms with Crippen LogP contribution in [0.1, 0.15) is 48.8 Å². The summed E-state index contributed by atoms with van der Waals surface area (Å²) in [5.41, 5.74) is 4.28. The maximum atomic E-state index is 13.6. The topological polar surface area (TPSA) is 73.5 Å². The lowest BCUT2D eigenvalue weighted by Crippen LogP contribution is -2.36. The van der Waals surface area contributed by atoms with Crippen LogP contribution in [0.2, 0.25) is 0 Å². The quantitative estimate of drug-likeness (QED) is 0.388. The zero-order chi connectivity index (χ0) is 26.1. The second-order valence-corrected chi connectivity index (χ2v) is 9.31. The number of nitrogens with one attached hydrogen (secondary N) is 1. The van der Waals surface area contributed by atoms with Crippen LogP contribution in [0.5, 0.6) is 0 Å². The number of amides is 2. The number of hydrogen-bond acceptors (Lipinski definition) is 3. The molecule has 0 bridgehead atoms. The van der Waals surface area contributed by atoms with E-state index in [1.54, 1.807) is 43.3 Å². The van der Waals surface area contributed by atoms with Crippen molar-refractivity contribution < 1.29 is 18.8 Å². The molecule has 1 aliphatic rings. The number of nitrogens with zero attached hydrogens (tertiary/aromatic N) is 2. The van der Waals surface area contributed by atoms with Gasteiger partial charge < -0.3 is 14.8 Å². The smallest absolute Gasteiger partial charge is 0.269 e. The van der Waals surface area contributed by atoms with Gasteiger partial charge >= 0.3 is 0 Å². The summed E-state index contributed by atoms with van der Waals surface area (Å²) in [6.45, 7) is 0.932. The van der Waals surface area contributed by atoms with Crippen LogP contribution in [-0.4, -0.2) is 59.6 Å². The van der Waals surface area contributed by atoms with Crippen LogP contribution in [0.4, 0.5) is 4.39 Å². The first-order chi connectivity index (χ1) is 17.8. The van der Waals surface area contributed by atoms with E-state index in [9.17, 15) is 18.8 Å². The molecule has 3 aromatic carbocycles. The number of benzene rings is 3. The zero-order valence-corrected chi connectivity index (χ0v) is 20.6. The van der Waals surface area contributed by atoms with Crippen LogP contribution < -0.4 is 0 Å². The van der Waals surface area contributed by atoms with Crippen molar-refractivity contribution >= 4 is 34.1 Å². The fourth-order valence-electron chi connectivity index (χ4n) is 4.60. The van der Waals surface area contributed by atoms with Gasteiger partial charge in [0.25, 0.3) is 11.8 Å². The lowest BCUT2D eigenvalue weighted by atomic mass is 9.96. The van der Waals surface area contributed by atoms with Gasteiger partial charge in [-0.25, -0.2) is 4.39 Å². The Balaban J connectivity index is 1.39. The van der Waals surface area contributed by atoms with E-state index in [0.717, 1.165) is 22.0 Å². The molecule has 0 atom stereocenters. The van der Waals surface area contributed by atoms with Gasteiger partial charge in [0, 0.05) is 49.2 Å². The molecular weight excluding hydrogens is 469 g/mol. The summed E-state index contributed by atoms with van der Waals surface area (Å²) in [5.74, 6) is -1.07. The predicted octanol–water partition coefficient (Wildman–Crippen LogP) is 5.17. The van der Waals surface area contributed by atoms with Crippen molar-refractivity contribution in [2.75, 3.05) is 27.2 Å². The number of H-pyrrole nitrogens is 1. The summed E-state index contributed by atoms with van der Waals surface area (Å²) in [7, 11) is 3.42. The molecule has 5 rings (SSSR count). The van der Waals surface area contributed by atoms with Gasteiger partial charge in [-0.15, -0.1) is 0 Å². The molecule has 1 aliphatic heterocycles. The van der Waals surface area contributed by atoms with E-state index in [-0.39, 0.29) is 17.6 Å². The molecule has 7 heteroatoms.